The third kappa shape index (κ3) is 4.79. The Hall–Kier alpha value is -2.81. The zero-order chi connectivity index (χ0) is 21.0. The van der Waals surface area contributed by atoms with Crippen molar-refractivity contribution >= 4 is 28.3 Å². The van der Waals surface area contributed by atoms with E-state index in [4.69, 9.17) is 14.2 Å². The van der Waals surface area contributed by atoms with Crippen LogP contribution in [0.4, 0.5) is 5.13 Å². The molecule has 1 heterocycles. The van der Waals surface area contributed by atoms with Crippen LogP contribution in [-0.4, -0.2) is 44.7 Å². The van der Waals surface area contributed by atoms with Crippen LogP contribution in [-0.2, 0) is 17.6 Å². The van der Waals surface area contributed by atoms with Crippen molar-refractivity contribution < 1.29 is 23.8 Å². The average molecular weight is 420 g/mol. The summed E-state index contributed by atoms with van der Waals surface area (Å²) < 4.78 is 15.7. The van der Waals surface area contributed by atoms with Crippen molar-refractivity contribution in [1.82, 2.24) is 10.3 Å². The number of rotatable bonds is 7. The highest BCUT2D eigenvalue weighted by molar-refractivity contribution is 7.15. The van der Waals surface area contributed by atoms with Gasteiger partial charge in [-0.25, -0.2) is 4.98 Å². The summed E-state index contributed by atoms with van der Waals surface area (Å²) in [6, 6.07) is 3.06. The quantitative estimate of drug-likeness (QED) is 0.716. The fourth-order valence-electron chi connectivity index (χ4n) is 3.23. The second-order valence-corrected chi connectivity index (χ2v) is 7.97. The summed E-state index contributed by atoms with van der Waals surface area (Å²) >= 11 is 1.51. The zero-order valence-corrected chi connectivity index (χ0v) is 17.8. The smallest absolute Gasteiger partial charge is 0.251 e. The summed E-state index contributed by atoms with van der Waals surface area (Å²) in [7, 11) is 4.43. The summed E-state index contributed by atoms with van der Waals surface area (Å²) in [6.07, 6.45) is 3.07. The third-order valence-corrected chi connectivity index (χ3v) is 5.80. The molecule has 1 aromatic carbocycles. The number of amides is 2. The molecule has 0 saturated carbocycles. The number of ether oxygens (including phenoxy) is 3. The molecular formula is C20H25N3O5S. The molecule has 2 amide bonds. The number of hydrogen-bond acceptors (Lipinski definition) is 7. The molecule has 0 fully saturated rings. The molecule has 1 aliphatic carbocycles. The zero-order valence-electron chi connectivity index (χ0n) is 17.0. The summed E-state index contributed by atoms with van der Waals surface area (Å²) in [6.45, 7) is 2.05. The molecule has 9 heteroatoms. The first kappa shape index (κ1) is 20.9. The van der Waals surface area contributed by atoms with Crippen molar-refractivity contribution in [3.63, 3.8) is 0 Å². The number of fused-ring (bicyclic) bond motifs is 1. The van der Waals surface area contributed by atoms with E-state index in [9.17, 15) is 9.59 Å². The van der Waals surface area contributed by atoms with Gasteiger partial charge in [0.25, 0.3) is 5.91 Å². The van der Waals surface area contributed by atoms with Crippen LogP contribution in [0.5, 0.6) is 17.2 Å². The summed E-state index contributed by atoms with van der Waals surface area (Å²) in [5.74, 6) is 1.01. The fourth-order valence-corrected chi connectivity index (χ4v) is 4.42. The standard InChI is InChI=1S/C20H25N3O5S/c1-11-5-6-13-16(7-11)29-20(22-13)23-17(24)10-21-19(25)12-8-14(26-2)18(28-4)15(9-12)27-3/h8-9,11H,5-7,10H2,1-4H3,(H,21,25)(H,22,23,24). The molecular weight excluding hydrogens is 394 g/mol. The lowest BCUT2D eigenvalue weighted by molar-refractivity contribution is -0.115. The number of thiazole rings is 1. The van der Waals surface area contributed by atoms with E-state index in [1.165, 1.54) is 49.7 Å². The van der Waals surface area contributed by atoms with Crippen LogP contribution in [0, 0.1) is 5.92 Å². The minimum atomic E-state index is -0.424. The van der Waals surface area contributed by atoms with Crippen molar-refractivity contribution in [3.05, 3.63) is 28.3 Å². The number of nitrogens with one attached hydrogen (secondary N) is 2. The second kappa shape index (κ2) is 9.13. The van der Waals surface area contributed by atoms with E-state index in [2.05, 4.69) is 22.5 Å². The van der Waals surface area contributed by atoms with Crippen LogP contribution in [0.2, 0.25) is 0 Å². The topological polar surface area (TPSA) is 98.8 Å². The summed E-state index contributed by atoms with van der Waals surface area (Å²) in [5, 5.41) is 5.95. The molecule has 1 aliphatic rings. The van der Waals surface area contributed by atoms with Gasteiger partial charge in [0, 0.05) is 10.4 Å². The number of carbonyl (C=O) groups is 2. The van der Waals surface area contributed by atoms with Crippen molar-refractivity contribution in [2.45, 2.75) is 26.2 Å². The molecule has 8 nitrogen and oxygen atoms in total. The maximum Gasteiger partial charge on any atom is 0.251 e. The molecule has 0 radical (unpaired) electrons. The van der Waals surface area contributed by atoms with E-state index in [1.54, 1.807) is 0 Å². The molecule has 1 atom stereocenters. The van der Waals surface area contributed by atoms with Crippen molar-refractivity contribution in [3.8, 4) is 17.2 Å². The molecule has 3 rings (SSSR count). The van der Waals surface area contributed by atoms with Gasteiger partial charge in [0.1, 0.15) is 0 Å². The Kier molecular flexibility index (Phi) is 6.58. The largest absolute Gasteiger partial charge is 0.493 e. The number of aromatic nitrogens is 1. The van der Waals surface area contributed by atoms with Gasteiger partial charge in [-0.1, -0.05) is 6.92 Å². The van der Waals surface area contributed by atoms with Crippen LogP contribution in [0.1, 0.15) is 34.3 Å². The number of hydrogen-bond donors (Lipinski definition) is 2. The van der Waals surface area contributed by atoms with Gasteiger partial charge >= 0.3 is 0 Å². The van der Waals surface area contributed by atoms with E-state index in [1.807, 2.05) is 0 Å². The first-order valence-electron chi connectivity index (χ1n) is 9.31. The van der Waals surface area contributed by atoms with Crippen molar-refractivity contribution in [2.75, 3.05) is 33.2 Å². The molecule has 0 saturated heterocycles. The average Bonchev–Trinajstić information content (AvgIpc) is 3.11. The molecule has 1 aromatic heterocycles. The molecule has 0 aliphatic heterocycles. The van der Waals surface area contributed by atoms with Gasteiger partial charge in [-0.3, -0.25) is 9.59 Å². The lowest BCUT2D eigenvalue weighted by Crippen LogP contribution is -2.32. The number of carbonyl (C=O) groups excluding carboxylic acids is 2. The second-order valence-electron chi connectivity index (χ2n) is 6.88. The van der Waals surface area contributed by atoms with Crippen LogP contribution < -0.4 is 24.8 Å². The van der Waals surface area contributed by atoms with Crippen molar-refractivity contribution in [2.24, 2.45) is 5.92 Å². The van der Waals surface area contributed by atoms with Crippen molar-refractivity contribution in [1.29, 1.82) is 0 Å². The Balaban J connectivity index is 1.61. The number of nitrogens with zero attached hydrogens (tertiary/aromatic N) is 1. The maximum atomic E-state index is 12.5. The van der Waals surface area contributed by atoms with Crippen LogP contribution in [0.3, 0.4) is 0 Å². The Bertz CT molecular complexity index is 887. The maximum absolute atomic E-state index is 12.5. The lowest BCUT2D eigenvalue weighted by atomic mass is 9.93. The molecule has 1 unspecified atom stereocenters. The predicted octanol–water partition coefficient (Wildman–Crippen LogP) is 2.66. The van der Waals surface area contributed by atoms with Gasteiger partial charge in [-0.2, -0.15) is 0 Å². The minimum Gasteiger partial charge on any atom is -0.493 e. The Labute approximate surface area is 173 Å². The lowest BCUT2D eigenvalue weighted by Gasteiger charge is -2.15. The van der Waals surface area contributed by atoms with Crippen LogP contribution >= 0.6 is 11.3 Å². The van der Waals surface area contributed by atoms with E-state index < -0.39 is 5.91 Å². The highest BCUT2D eigenvalue weighted by Crippen LogP contribution is 2.38. The number of aryl methyl sites for hydroxylation is 1. The van der Waals surface area contributed by atoms with Gasteiger partial charge in [0.05, 0.1) is 33.6 Å². The van der Waals surface area contributed by atoms with Crippen LogP contribution in [0.25, 0.3) is 0 Å². The van der Waals surface area contributed by atoms with E-state index in [0.717, 1.165) is 25.0 Å². The monoisotopic (exact) mass is 419 g/mol. The Morgan fingerprint density at radius 1 is 1.17 bits per heavy atom. The molecule has 0 spiro atoms. The van der Waals surface area contributed by atoms with Gasteiger partial charge in [-0.15, -0.1) is 11.3 Å². The fraction of sp³-hybridized carbons (Fsp3) is 0.450. The molecule has 29 heavy (non-hydrogen) atoms. The minimum absolute atomic E-state index is 0.170. The van der Waals surface area contributed by atoms with Crippen LogP contribution in [0.15, 0.2) is 12.1 Å². The molecule has 156 valence electrons. The van der Waals surface area contributed by atoms with Gasteiger partial charge in [0.15, 0.2) is 16.6 Å². The highest BCUT2D eigenvalue weighted by atomic mass is 32.1. The van der Waals surface area contributed by atoms with E-state index in [-0.39, 0.29) is 12.5 Å². The number of anilines is 1. The predicted molar refractivity (Wildman–Crippen MR) is 110 cm³/mol. The highest BCUT2D eigenvalue weighted by Gasteiger charge is 2.21. The Morgan fingerprint density at radius 3 is 2.48 bits per heavy atom. The van der Waals surface area contributed by atoms with E-state index in [0.29, 0.717) is 33.9 Å². The molecule has 2 N–H and O–H groups in total. The van der Waals surface area contributed by atoms with Gasteiger partial charge in [-0.05, 0) is 37.3 Å². The SMILES string of the molecule is COc1cc(C(=O)NCC(=O)Nc2nc3c(s2)CC(C)CC3)cc(OC)c1OC. The normalized spacial score (nSPS) is 15.2. The molecule has 0 bridgehead atoms. The van der Waals surface area contributed by atoms with Gasteiger partial charge < -0.3 is 24.8 Å². The summed E-state index contributed by atoms with van der Waals surface area (Å²) in [5.41, 5.74) is 1.37. The third-order valence-electron chi connectivity index (χ3n) is 4.77. The first-order valence-corrected chi connectivity index (χ1v) is 10.1. The molecule has 2 aromatic rings. The van der Waals surface area contributed by atoms with Gasteiger partial charge in [0.2, 0.25) is 11.7 Å². The number of methoxy groups -OCH3 is 3. The first-order chi connectivity index (χ1) is 13.9. The van der Waals surface area contributed by atoms with E-state index >= 15 is 0 Å². The Morgan fingerprint density at radius 2 is 1.86 bits per heavy atom. The number of benzene rings is 1. The summed E-state index contributed by atoms with van der Waals surface area (Å²) in [4.78, 5) is 30.5.